The molecular weight excluding hydrogens is 398 g/mol. The van der Waals surface area contributed by atoms with E-state index in [0.29, 0.717) is 5.69 Å². The van der Waals surface area contributed by atoms with E-state index in [2.05, 4.69) is 27.3 Å². The minimum Gasteiger partial charge on any atom is -0.347 e. The van der Waals surface area contributed by atoms with Gasteiger partial charge in [-0.05, 0) is 56.0 Å². The van der Waals surface area contributed by atoms with E-state index in [1.807, 2.05) is 24.3 Å². The van der Waals surface area contributed by atoms with Crippen LogP contribution in [0.1, 0.15) is 48.5 Å². The second-order valence-corrected chi connectivity index (χ2v) is 10.8. The number of nitrogens with zero attached hydrogens (tertiary/aromatic N) is 2. The molecule has 2 aliphatic rings. The van der Waals surface area contributed by atoms with E-state index < -0.39 is 15.3 Å². The van der Waals surface area contributed by atoms with Crippen LogP contribution in [0.25, 0.3) is 0 Å². The maximum atomic E-state index is 13.3. The predicted molar refractivity (Wildman–Crippen MR) is 117 cm³/mol. The number of carbonyl (C=O) groups is 1. The standard InChI is InChI=1S/C23H29N3O3S/c1-30(28,29)17-20-10-9-19(15-24-20)23(11-12-23)22(27)25-21(16-26-13-5-6-14-26)18-7-3-2-4-8-18/h2-4,7-10,15,21H,5-6,11-14,16-17H2,1H3,(H,25,27)/t21-/m1/s1. The predicted octanol–water partition coefficient (Wildman–Crippen LogP) is 2.61. The van der Waals surface area contributed by atoms with Crippen LogP contribution in [-0.4, -0.2) is 50.1 Å². The van der Waals surface area contributed by atoms with Crippen molar-refractivity contribution >= 4 is 15.7 Å². The van der Waals surface area contributed by atoms with Gasteiger partial charge in [0.2, 0.25) is 5.91 Å². The molecule has 1 atom stereocenters. The van der Waals surface area contributed by atoms with E-state index in [9.17, 15) is 13.2 Å². The van der Waals surface area contributed by atoms with Crippen LogP contribution < -0.4 is 5.32 Å². The number of hydrogen-bond acceptors (Lipinski definition) is 5. The van der Waals surface area contributed by atoms with Crippen molar-refractivity contribution in [2.24, 2.45) is 0 Å². The summed E-state index contributed by atoms with van der Waals surface area (Å²) in [6.07, 6.45) is 6.87. The Morgan fingerprint density at radius 1 is 1.13 bits per heavy atom. The monoisotopic (exact) mass is 427 g/mol. The van der Waals surface area contributed by atoms with Gasteiger partial charge in [0.15, 0.2) is 9.84 Å². The van der Waals surface area contributed by atoms with Crippen LogP contribution in [0.2, 0.25) is 0 Å². The number of sulfone groups is 1. The van der Waals surface area contributed by atoms with E-state index >= 15 is 0 Å². The number of likely N-dealkylation sites (tertiary alicyclic amines) is 1. The van der Waals surface area contributed by atoms with Gasteiger partial charge < -0.3 is 10.2 Å². The maximum absolute atomic E-state index is 13.3. The highest BCUT2D eigenvalue weighted by atomic mass is 32.2. The zero-order chi connectivity index (χ0) is 21.2. The largest absolute Gasteiger partial charge is 0.347 e. The first kappa shape index (κ1) is 21.0. The number of pyridine rings is 1. The third-order valence-corrected chi connectivity index (χ3v) is 6.94. The van der Waals surface area contributed by atoms with Crippen LogP contribution >= 0.6 is 0 Å². The smallest absolute Gasteiger partial charge is 0.231 e. The van der Waals surface area contributed by atoms with Gasteiger partial charge in [0.25, 0.3) is 0 Å². The Labute approximate surface area is 178 Å². The van der Waals surface area contributed by atoms with Crippen LogP contribution in [0, 0.1) is 0 Å². The van der Waals surface area contributed by atoms with Crippen LogP contribution in [0.15, 0.2) is 48.7 Å². The Hall–Kier alpha value is -2.25. The van der Waals surface area contributed by atoms with Gasteiger partial charge in [-0.15, -0.1) is 0 Å². The molecule has 0 radical (unpaired) electrons. The molecule has 7 heteroatoms. The van der Waals surface area contributed by atoms with E-state index in [-0.39, 0.29) is 17.7 Å². The van der Waals surface area contributed by atoms with Gasteiger partial charge in [-0.3, -0.25) is 9.78 Å². The molecular formula is C23H29N3O3S. The Bertz CT molecular complexity index is 980. The summed E-state index contributed by atoms with van der Waals surface area (Å²) in [6, 6.07) is 13.7. The first-order valence-corrected chi connectivity index (χ1v) is 12.6. The van der Waals surface area contributed by atoms with Crippen molar-refractivity contribution in [1.29, 1.82) is 0 Å². The second-order valence-electron chi connectivity index (χ2n) is 8.63. The Kier molecular flexibility index (Phi) is 5.93. The Morgan fingerprint density at radius 2 is 1.83 bits per heavy atom. The first-order valence-electron chi connectivity index (χ1n) is 10.6. The molecule has 4 rings (SSSR count). The van der Waals surface area contributed by atoms with Crippen molar-refractivity contribution in [3.63, 3.8) is 0 Å². The Morgan fingerprint density at radius 3 is 2.40 bits per heavy atom. The highest BCUT2D eigenvalue weighted by molar-refractivity contribution is 7.89. The lowest BCUT2D eigenvalue weighted by molar-refractivity contribution is -0.124. The van der Waals surface area contributed by atoms with Crippen molar-refractivity contribution in [3.05, 3.63) is 65.5 Å². The summed E-state index contributed by atoms with van der Waals surface area (Å²) in [5.74, 6) is -0.0495. The molecule has 1 saturated heterocycles. The molecule has 0 bridgehead atoms. The third-order valence-electron chi connectivity index (χ3n) is 6.12. The fraction of sp³-hybridized carbons (Fsp3) is 0.478. The lowest BCUT2D eigenvalue weighted by Gasteiger charge is -2.27. The van der Waals surface area contributed by atoms with Gasteiger partial charge >= 0.3 is 0 Å². The quantitative estimate of drug-likeness (QED) is 0.701. The molecule has 2 heterocycles. The van der Waals surface area contributed by atoms with Crippen molar-refractivity contribution in [2.45, 2.75) is 42.9 Å². The Balaban J connectivity index is 1.50. The minimum atomic E-state index is -3.13. The van der Waals surface area contributed by atoms with Crippen LogP contribution in [0.3, 0.4) is 0 Å². The lowest BCUT2D eigenvalue weighted by atomic mass is 9.95. The van der Waals surface area contributed by atoms with Crippen LogP contribution in [0.5, 0.6) is 0 Å². The molecule has 1 N–H and O–H groups in total. The minimum absolute atomic E-state index is 0.0354. The number of carbonyl (C=O) groups excluding carboxylic acids is 1. The summed E-state index contributed by atoms with van der Waals surface area (Å²) in [5, 5.41) is 3.31. The van der Waals surface area contributed by atoms with Gasteiger partial charge in [-0.1, -0.05) is 36.4 Å². The molecule has 0 spiro atoms. The summed E-state index contributed by atoms with van der Waals surface area (Å²) < 4.78 is 23.0. The first-order chi connectivity index (χ1) is 14.4. The van der Waals surface area contributed by atoms with Crippen LogP contribution in [0.4, 0.5) is 0 Å². The van der Waals surface area contributed by atoms with Gasteiger partial charge in [-0.25, -0.2) is 8.42 Å². The zero-order valence-electron chi connectivity index (χ0n) is 17.4. The van der Waals surface area contributed by atoms with E-state index in [1.54, 1.807) is 12.3 Å². The highest BCUT2D eigenvalue weighted by Crippen LogP contribution is 2.48. The molecule has 1 amide bonds. The van der Waals surface area contributed by atoms with Gasteiger partial charge in [-0.2, -0.15) is 0 Å². The van der Waals surface area contributed by atoms with E-state index in [1.165, 1.54) is 19.1 Å². The lowest BCUT2D eigenvalue weighted by Crippen LogP contribution is -2.42. The molecule has 1 aromatic carbocycles. The fourth-order valence-electron chi connectivity index (χ4n) is 4.27. The molecule has 1 saturated carbocycles. The summed E-state index contributed by atoms with van der Waals surface area (Å²) in [4.78, 5) is 20.1. The molecule has 1 aromatic heterocycles. The van der Waals surface area contributed by atoms with Crippen molar-refractivity contribution in [1.82, 2.24) is 15.2 Å². The van der Waals surface area contributed by atoms with Crippen molar-refractivity contribution in [2.75, 3.05) is 25.9 Å². The maximum Gasteiger partial charge on any atom is 0.231 e. The number of hydrogen-bond donors (Lipinski definition) is 1. The summed E-state index contributed by atoms with van der Waals surface area (Å²) in [6.45, 7) is 2.98. The molecule has 160 valence electrons. The molecule has 2 aromatic rings. The third kappa shape index (κ3) is 4.90. The number of amides is 1. The van der Waals surface area contributed by atoms with Crippen molar-refractivity contribution < 1.29 is 13.2 Å². The van der Waals surface area contributed by atoms with E-state index in [4.69, 9.17) is 0 Å². The highest BCUT2D eigenvalue weighted by Gasteiger charge is 2.52. The summed E-state index contributed by atoms with van der Waals surface area (Å²) in [5.41, 5.74) is 1.95. The van der Waals surface area contributed by atoms with Gasteiger partial charge in [0.1, 0.15) is 0 Å². The average molecular weight is 428 g/mol. The average Bonchev–Trinajstić information content (AvgIpc) is 3.37. The van der Waals surface area contributed by atoms with E-state index in [0.717, 1.165) is 43.6 Å². The second kappa shape index (κ2) is 8.47. The molecule has 2 fully saturated rings. The SMILES string of the molecule is CS(=O)(=O)Cc1ccc(C2(C(=O)N[C@H](CN3CCCC3)c3ccccc3)CC2)cn1. The summed E-state index contributed by atoms with van der Waals surface area (Å²) >= 11 is 0. The van der Waals surface area contributed by atoms with Gasteiger partial charge in [0.05, 0.1) is 22.9 Å². The fourth-order valence-corrected chi connectivity index (χ4v) is 4.98. The number of benzene rings is 1. The topological polar surface area (TPSA) is 79.4 Å². The number of aromatic nitrogens is 1. The summed E-state index contributed by atoms with van der Waals surface area (Å²) in [7, 11) is -3.13. The number of nitrogens with one attached hydrogen (secondary N) is 1. The molecule has 0 unspecified atom stereocenters. The van der Waals surface area contributed by atoms with Crippen molar-refractivity contribution in [3.8, 4) is 0 Å². The molecule has 1 aliphatic carbocycles. The molecule has 1 aliphatic heterocycles. The number of rotatable bonds is 8. The van der Waals surface area contributed by atoms with Crippen LogP contribution in [-0.2, 0) is 25.8 Å². The molecule has 30 heavy (non-hydrogen) atoms. The van der Waals surface area contributed by atoms with Gasteiger partial charge in [0, 0.05) is 19.0 Å². The molecule has 6 nitrogen and oxygen atoms in total. The zero-order valence-corrected chi connectivity index (χ0v) is 18.2. The normalized spacial score (nSPS) is 19.4.